The second-order valence-electron chi connectivity index (χ2n) is 11.2. The van der Waals surface area contributed by atoms with Crippen LogP contribution in [0.5, 0.6) is 0 Å². The minimum absolute atomic E-state index is 0.0890. The number of benzene rings is 3. The molecule has 1 amide bonds. The zero-order valence-corrected chi connectivity index (χ0v) is 25.7. The van der Waals surface area contributed by atoms with Crippen LogP contribution in [0.4, 0.5) is 0 Å². The highest BCUT2D eigenvalue weighted by atomic mass is 32.2. The molecule has 1 aliphatic rings. The largest absolute Gasteiger partial charge is 0.480 e. The molecular weight excluding hydrogens is 568 g/mol. The summed E-state index contributed by atoms with van der Waals surface area (Å²) in [7, 11) is -1.67. The third-order valence-corrected chi connectivity index (χ3v) is 8.75. The van der Waals surface area contributed by atoms with Crippen LogP contribution < -0.4 is 5.32 Å². The molecule has 0 aliphatic carbocycles. The van der Waals surface area contributed by atoms with E-state index in [1.165, 1.54) is 0 Å². The quantitative estimate of drug-likeness (QED) is 0.281. The van der Waals surface area contributed by atoms with Crippen molar-refractivity contribution < 1.29 is 32.6 Å². The average Bonchev–Trinajstić information content (AvgIpc) is 3.36. The second-order valence-corrected chi connectivity index (χ2v) is 13.4. The van der Waals surface area contributed by atoms with Crippen LogP contribution in [0.1, 0.15) is 39.9 Å². The Bertz CT molecular complexity index is 1510. The van der Waals surface area contributed by atoms with Gasteiger partial charge in [0.2, 0.25) is 0 Å². The number of rotatable bonds is 14. The van der Waals surface area contributed by atoms with E-state index < -0.39 is 27.8 Å². The molecule has 0 aromatic heterocycles. The summed E-state index contributed by atoms with van der Waals surface area (Å²) in [6.07, 6.45) is 1.76. The van der Waals surface area contributed by atoms with Gasteiger partial charge in [-0.2, -0.15) is 0 Å². The van der Waals surface area contributed by atoms with E-state index in [2.05, 4.69) is 10.2 Å². The van der Waals surface area contributed by atoms with Crippen LogP contribution >= 0.6 is 0 Å². The first-order valence-electron chi connectivity index (χ1n) is 14.3. The van der Waals surface area contributed by atoms with Gasteiger partial charge in [-0.1, -0.05) is 60.7 Å². The summed E-state index contributed by atoms with van der Waals surface area (Å²) in [4.78, 5) is 27.6. The summed E-state index contributed by atoms with van der Waals surface area (Å²) in [5.41, 5.74) is 4.94. The molecule has 4 rings (SSSR count). The minimum atomic E-state index is -3.40. The number of carbonyl (C=O) groups excluding carboxylic acids is 1. The fourth-order valence-electron chi connectivity index (χ4n) is 5.41. The summed E-state index contributed by atoms with van der Waals surface area (Å²) in [5.74, 6) is -2.20. The predicted octanol–water partition coefficient (Wildman–Crippen LogP) is 4.09. The monoisotopic (exact) mass is 608 g/mol. The Balaban J connectivity index is 1.56. The maximum absolute atomic E-state index is 13.4. The van der Waals surface area contributed by atoms with Crippen molar-refractivity contribution in [1.29, 1.82) is 0 Å². The molecular formula is C33H40N2O7S. The van der Waals surface area contributed by atoms with Crippen LogP contribution in [0, 0.1) is 6.92 Å². The van der Waals surface area contributed by atoms with Crippen molar-refractivity contribution in [2.24, 2.45) is 0 Å². The number of likely N-dealkylation sites (tertiary alicyclic amines) is 1. The maximum Gasteiger partial charge on any atom is 0.326 e. The van der Waals surface area contributed by atoms with Crippen LogP contribution in [0.2, 0.25) is 0 Å². The fraction of sp³-hybridized carbons (Fsp3) is 0.394. The van der Waals surface area contributed by atoms with E-state index in [4.69, 9.17) is 9.47 Å². The van der Waals surface area contributed by atoms with Gasteiger partial charge in [-0.05, 0) is 59.7 Å². The van der Waals surface area contributed by atoms with E-state index in [1.807, 2.05) is 73.7 Å². The number of hydrogen-bond acceptors (Lipinski definition) is 7. The Morgan fingerprint density at radius 3 is 2.42 bits per heavy atom. The lowest BCUT2D eigenvalue weighted by molar-refractivity contribution is -0.139. The lowest BCUT2D eigenvalue weighted by Crippen LogP contribution is -2.42. The Kier molecular flexibility index (Phi) is 11.1. The number of aliphatic carboxylic acids is 1. The van der Waals surface area contributed by atoms with Gasteiger partial charge < -0.3 is 19.9 Å². The number of methoxy groups -OCH3 is 1. The van der Waals surface area contributed by atoms with E-state index >= 15 is 0 Å². The van der Waals surface area contributed by atoms with Gasteiger partial charge in [0.15, 0.2) is 0 Å². The molecule has 10 heteroatoms. The van der Waals surface area contributed by atoms with Crippen molar-refractivity contribution in [3.05, 3.63) is 95.1 Å². The maximum atomic E-state index is 13.4. The van der Waals surface area contributed by atoms with E-state index in [9.17, 15) is 23.1 Å². The highest BCUT2D eigenvalue weighted by Crippen LogP contribution is 2.30. The molecule has 0 spiro atoms. The van der Waals surface area contributed by atoms with Gasteiger partial charge in [0.1, 0.15) is 15.9 Å². The summed E-state index contributed by atoms with van der Waals surface area (Å²) in [5, 5.41) is 12.2. The highest BCUT2D eigenvalue weighted by Gasteiger charge is 2.32. The van der Waals surface area contributed by atoms with Crippen LogP contribution in [0.25, 0.3) is 11.1 Å². The number of nitrogens with one attached hydrogen (secondary N) is 1. The lowest BCUT2D eigenvalue weighted by Gasteiger charge is -2.25. The normalized spacial score (nSPS) is 17.9. The summed E-state index contributed by atoms with van der Waals surface area (Å²) in [6, 6.07) is 22.2. The highest BCUT2D eigenvalue weighted by molar-refractivity contribution is 7.90. The Morgan fingerprint density at radius 1 is 1.02 bits per heavy atom. The second kappa shape index (κ2) is 14.7. The van der Waals surface area contributed by atoms with Gasteiger partial charge >= 0.3 is 5.97 Å². The zero-order valence-electron chi connectivity index (χ0n) is 24.9. The van der Waals surface area contributed by atoms with Gasteiger partial charge in [0, 0.05) is 38.1 Å². The molecule has 43 heavy (non-hydrogen) atoms. The molecule has 1 heterocycles. The van der Waals surface area contributed by atoms with Gasteiger partial charge in [0.25, 0.3) is 5.91 Å². The molecule has 3 unspecified atom stereocenters. The smallest absolute Gasteiger partial charge is 0.326 e. The first-order chi connectivity index (χ1) is 20.5. The number of ether oxygens (including phenoxy) is 2. The predicted molar refractivity (Wildman–Crippen MR) is 166 cm³/mol. The van der Waals surface area contributed by atoms with Crippen LogP contribution in [0.3, 0.4) is 0 Å². The molecule has 9 nitrogen and oxygen atoms in total. The molecule has 0 bridgehead atoms. The Morgan fingerprint density at radius 2 is 1.74 bits per heavy atom. The minimum Gasteiger partial charge on any atom is -0.480 e. The van der Waals surface area contributed by atoms with Crippen LogP contribution in [-0.4, -0.2) is 80.8 Å². The standard InChI is InChI=1S/C33H40N2O7S/c1-23-9-7-8-12-28(23)30-17-25(13-14-29(30)32(36)34-31(33(37)38)15-16-43(3,39)40)19-35-20-27(41-2)18-26(35)22-42-21-24-10-5-4-6-11-24/h4-14,17,26-27,31H,15-16,18-22H2,1-3H3,(H,34,36)(H,37,38). The molecule has 3 aromatic carbocycles. The molecule has 1 fully saturated rings. The molecule has 230 valence electrons. The first kappa shape index (κ1) is 32.3. The third-order valence-electron chi connectivity index (χ3n) is 7.77. The third kappa shape index (κ3) is 9.21. The Hall–Kier alpha value is -3.57. The zero-order chi connectivity index (χ0) is 31.0. The number of sulfone groups is 1. The number of nitrogens with zero attached hydrogens (tertiary/aromatic N) is 1. The van der Waals surface area contributed by atoms with Gasteiger partial charge in [-0.3, -0.25) is 9.69 Å². The van der Waals surface area contributed by atoms with Crippen molar-refractivity contribution in [2.45, 2.75) is 51.1 Å². The number of carbonyl (C=O) groups is 2. The van der Waals surface area contributed by atoms with Gasteiger partial charge in [0.05, 0.1) is 25.1 Å². The number of amides is 1. The fourth-order valence-corrected chi connectivity index (χ4v) is 6.07. The summed E-state index contributed by atoms with van der Waals surface area (Å²) >= 11 is 0. The number of hydrogen-bond donors (Lipinski definition) is 2. The lowest BCUT2D eigenvalue weighted by atomic mass is 9.93. The molecule has 2 N–H and O–H groups in total. The number of aryl methyl sites for hydroxylation is 1. The Labute approximate surface area is 253 Å². The van der Waals surface area contributed by atoms with Crippen molar-refractivity contribution >= 4 is 21.7 Å². The van der Waals surface area contributed by atoms with E-state index in [-0.39, 0.29) is 24.3 Å². The van der Waals surface area contributed by atoms with Gasteiger partial charge in [-0.15, -0.1) is 0 Å². The molecule has 3 atom stereocenters. The molecule has 0 saturated carbocycles. The van der Waals surface area contributed by atoms with E-state index in [0.717, 1.165) is 41.5 Å². The topological polar surface area (TPSA) is 122 Å². The van der Waals surface area contributed by atoms with Crippen LogP contribution in [-0.2, 0) is 37.3 Å². The van der Waals surface area contributed by atoms with E-state index in [1.54, 1.807) is 13.2 Å². The number of carboxylic acid groups (broad SMARTS) is 1. The summed E-state index contributed by atoms with van der Waals surface area (Å²) < 4.78 is 35.0. The molecule has 0 radical (unpaired) electrons. The molecule has 1 aliphatic heterocycles. The number of carboxylic acids is 1. The van der Waals surface area contributed by atoms with Crippen LogP contribution in [0.15, 0.2) is 72.8 Å². The van der Waals surface area contributed by atoms with Crippen molar-refractivity contribution in [3.63, 3.8) is 0 Å². The average molecular weight is 609 g/mol. The van der Waals surface area contributed by atoms with E-state index in [0.29, 0.717) is 30.9 Å². The van der Waals surface area contributed by atoms with Gasteiger partial charge in [-0.25, -0.2) is 13.2 Å². The molecule has 1 saturated heterocycles. The SMILES string of the molecule is COC1CC(COCc2ccccc2)N(Cc2ccc(C(=O)NC(CCS(C)(=O)=O)C(=O)O)c(-c3ccccc3C)c2)C1. The van der Waals surface area contributed by atoms with Crippen molar-refractivity contribution in [2.75, 3.05) is 32.3 Å². The van der Waals surface area contributed by atoms with Crippen molar-refractivity contribution in [1.82, 2.24) is 10.2 Å². The van der Waals surface area contributed by atoms with Crippen molar-refractivity contribution in [3.8, 4) is 11.1 Å². The molecule has 3 aromatic rings. The summed E-state index contributed by atoms with van der Waals surface area (Å²) in [6.45, 7) is 4.42. The first-order valence-corrected chi connectivity index (χ1v) is 16.4.